The number of carbonyl (C=O) groups excluding carboxylic acids is 3. The second kappa shape index (κ2) is 11.0. The van der Waals surface area contributed by atoms with Crippen molar-refractivity contribution in [3.05, 3.63) is 68.4 Å². The van der Waals surface area contributed by atoms with E-state index in [0.717, 1.165) is 16.2 Å². The highest BCUT2D eigenvalue weighted by atomic mass is 35.5. The SMILES string of the molecule is Cc1c(C(=O)OC(C)C)sc(NC(=O)c2cc(-c3ccc(Cl)s3)nc3ccccc23)c1C(=O)OC(C)C. The van der Waals surface area contributed by atoms with Crippen LogP contribution in [0.3, 0.4) is 0 Å². The van der Waals surface area contributed by atoms with Crippen LogP contribution in [0.25, 0.3) is 21.5 Å². The lowest BCUT2D eigenvalue weighted by Crippen LogP contribution is -2.17. The van der Waals surface area contributed by atoms with Crippen LogP contribution >= 0.6 is 34.3 Å². The van der Waals surface area contributed by atoms with Crippen molar-refractivity contribution in [2.24, 2.45) is 0 Å². The fraction of sp³-hybridized carbons (Fsp3) is 0.259. The average molecular weight is 557 g/mol. The van der Waals surface area contributed by atoms with Crippen LogP contribution in [-0.2, 0) is 9.47 Å². The summed E-state index contributed by atoms with van der Waals surface area (Å²) < 4.78 is 11.4. The molecule has 0 atom stereocenters. The molecule has 37 heavy (non-hydrogen) atoms. The summed E-state index contributed by atoms with van der Waals surface area (Å²) >= 11 is 8.47. The molecule has 0 saturated carbocycles. The zero-order chi connectivity index (χ0) is 26.9. The second-order valence-electron chi connectivity index (χ2n) is 8.80. The maximum atomic E-state index is 13.7. The Balaban J connectivity index is 1.79. The van der Waals surface area contributed by atoms with Crippen molar-refractivity contribution >= 4 is 68.0 Å². The van der Waals surface area contributed by atoms with E-state index in [1.54, 1.807) is 46.8 Å². The molecule has 0 saturated heterocycles. The third-order valence-electron chi connectivity index (χ3n) is 5.24. The Morgan fingerprint density at radius 1 is 0.946 bits per heavy atom. The fourth-order valence-electron chi connectivity index (χ4n) is 3.69. The van der Waals surface area contributed by atoms with Gasteiger partial charge in [-0.2, -0.15) is 0 Å². The van der Waals surface area contributed by atoms with E-state index in [4.69, 9.17) is 26.1 Å². The number of nitrogens with one attached hydrogen (secondary N) is 1. The second-order valence-corrected chi connectivity index (χ2v) is 11.5. The lowest BCUT2D eigenvalue weighted by Gasteiger charge is -2.12. The molecule has 192 valence electrons. The topological polar surface area (TPSA) is 94.6 Å². The first-order valence-electron chi connectivity index (χ1n) is 11.6. The number of carbonyl (C=O) groups is 3. The molecule has 0 unspecified atom stereocenters. The van der Waals surface area contributed by atoms with Crippen molar-refractivity contribution in [1.29, 1.82) is 0 Å². The average Bonchev–Trinajstić information content (AvgIpc) is 3.40. The summed E-state index contributed by atoms with van der Waals surface area (Å²) in [5.41, 5.74) is 2.13. The number of benzene rings is 1. The van der Waals surface area contributed by atoms with Gasteiger partial charge in [-0.05, 0) is 64.4 Å². The van der Waals surface area contributed by atoms with Crippen molar-refractivity contribution in [3.63, 3.8) is 0 Å². The molecular weight excluding hydrogens is 532 g/mol. The monoisotopic (exact) mass is 556 g/mol. The Labute approximate surface area is 227 Å². The Morgan fingerprint density at radius 2 is 1.62 bits per heavy atom. The first-order valence-corrected chi connectivity index (χ1v) is 13.6. The highest BCUT2D eigenvalue weighted by molar-refractivity contribution is 7.19. The molecule has 7 nitrogen and oxygen atoms in total. The van der Waals surface area contributed by atoms with Crippen LogP contribution in [0.15, 0.2) is 42.5 Å². The zero-order valence-electron chi connectivity index (χ0n) is 20.9. The van der Waals surface area contributed by atoms with Crippen molar-refractivity contribution < 1.29 is 23.9 Å². The van der Waals surface area contributed by atoms with Crippen molar-refractivity contribution in [2.45, 2.75) is 46.8 Å². The van der Waals surface area contributed by atoms with E-state index in [0.29, 0.717) is 32.1 Å². The number of rotatable bonds is 7. The molecule has 3 aromatic heterocycles. The minimum absolute atomic E-state index is 0.131. The Hall–Kier alpha value is -3.27. The number of amides is 1. The molecule has 1 N–H and O–H groups in total. The molecule has 1 amide bonds. The summed E-state index contributed by atoms with van der Waals surface area (Å²) in [6, 6.07) is 12.6. The van der Waals surface area contributed by atoms with E-state index < -0.39 is 17.8 Å². The van der Waals surface area contributed by atoms with Crippen molar-refractivity contribution in [1.82, 2.24) is 4.98 Å². The van der Waals surface area contributed by atoms with Gasteiger partial charge in [0.1, 0.15) is 9.88 Å². The van der Waals surface area contributed by atoms with Crippen LogP contribution in [0, 0.1) is 6.92 Å². The van der Waals surface area contributed by atoms with Gasteiger partial charge in [0.25, 0.3) is 5.91 Å². The number of esters is 2. The Morgan fingerprint density at radius 3 is 2.27 bits per heavy atom. The predicted octanol–water partition coefficient (Wildman–Crippen LogP) is 7.37. The van der Waals surface area contributed by atoms with E-state index in [2.05, 4.69) is 5.32 Å². The number of nitrogens with zero attached hydrogens (tertiary/aromatic N) is 1. The quantitative estimate of drug-likeness (QED) is 0.239. The van der Waals surface area contributed by atoms with Gasteiger partial charge in [0.15, 0.2) is 0 Å². The predicted molar refractivity (Wildman–Crippen MR) is 148 cm³/mol. The van der Waals surface area contributed by atoms with E-state index >= 15 is 0 Å². The lowest BCUT2D eigenvalue weighted by atomic mass is 10.1. The molecule has 0 aliphatic heterocycles. The number of thiophene rings is 2. The molecule has 0 fully saturated rings. The molecule has 3 heterocycles. The smallest absolute Gasteiger partial charge is 0.348 e. The number of aromatic nitrogens is 1. The third-order valence-corrected chi connectivity index (χ3v) is 7.68. The molecule has 0 bridgehead atoms. The van der Waals surface area contributed by atoms with Crippen LogP contribution in [-0.4, -0.2) is 35.0 Å². The number of fused-ring (bicyclic) bond motifs is 1. The highest BCUT2D eigenvalue weighted by Gasteiger charge is 2.29. The van der Waals surface area contributed by atoms with Gasteiger partial charge in [-0.25, -0.2) is 14.6 Å². The number of anilines is 1. The summed E-state index contributed by atoms with van der Waals surface area (Å²) in [6.07, 6.45) is -0.726. The number of hydrogen-bond acceptors (Lipinski definition) is 8. The summed E-state index contributed by atoms with van der Waals surface area (Å²) in [6.45, 7) is 8.58. The van der Waals surface area contributed by atoms with Crippen LogP contribution in [0.5, 0.6) is 0 Å². The molecule has 0 aliphatic carbocycles. The third kappa shape index (κ3) is 5.84. The van der Waals surface area contributed by atoms with E-state index in [1.165, 1.54) is 11.3 Å². The van der Waals surface area contributed by atoms with Gasteiger partial charge in [-0.15, -0.1) is 22.7 Å². The maximum Gasteiger partial charge on any atom is 0.348 e. The Bertz CT molecular complexity index is 1510. The molecule has 0 radical (unpaired) electrons. The minimum Gasteiger partial charge on any atom is -0.459 e. The van der Waals surface area contributed by atoms with Crippen LogP contribution < -0.4 is 5.32 Å². The van der Waals surface area contributed by atoms with Gasteiger partial charge in [-0.3, -0.25) is 4.79 Å². The highest BCUT2D eigenvalue weighted by Crippen LogP contribution is 2.36. The number of halogens is 1. The van der Waals surface area contributed by atoms with Gasteiger partial charge >= 0.3 is 11.9 Å². The summed E-state index contributed by atoms with van der Waals surface area (Å²) in [4.78, 5) is 45.1. The van der Waals surface area contributed by atoms with E-state index in [1.807, 2.05) is 30.3 Å². The van der Waals surface area contributed by atoms with Crippen molar-refractivity contribution in [2.75, 3.05) is 5.32 Å². The standard InChI is InChI=1S/C27H25ClN2O5S2/c1-13(2)34-26(32)22-15(5)23(27(33)35-14(3)4)37-25(22)30-24(31)17-12-19(20-10-11-21(28)36-20)29-18-9-7-6-8-16(17)18/h6-14H,1-5H3,(H,30,31). The maximum absolute atomic E-state index is 13.7. The minimum atomic E-state index is -0.629. The molecule has 1 aromatic carbocycles. The fourth-order valence-corrected chi connectivity index (χ4v) is 5.77. The van der Waals surface area contributed by atoms with E-state index in [9.17, 15) is 14.4 Å². The van der Waals surface area contributed by atoms with Crippen molar-refractivity contribution in [3.8, 4) is 10.6 Å². The van der Waals surface area contributed by atoms with Gasteiger partial charge < -0.3 is 14.8 Å². The van der Waals surface area contributed by atoms with Crippen LogP contribution in [0.4, 0.5) is 5.00 Å². The first kappa shape index (κ1) is 26.8. The van der Waals surface area contributed by atoms with Gasteiger partial charge in [-0.1, -0.05) is 29.8 Å². The number of ether oxygens (including phenoxy) is 2. The number of para-hydroxylation sites is 1. The van der Waals surface area contributed by atoms with Crippen LogP contribution in [0.1, 0.15) is 63.6 Å². The summed E-state index contributed by atoms with van der Waals surface area (Å²) in [5.74, 6) is -1.65. The molecule has 0 aliphatic rings. The lowest BCUT2D eigenvalue weighted by molar-refractivity contribution is 0.0378. The van der Waals surface area contributed by atoms with Gasteiger partial charge in [0.2, 0.25) is 0 Å². The summed E-state index contributed by atoms with van der Waals surface area (Å²) in [5, 5.41) is 3.70. The Kier molecular flexibility index (Phi) is 7.96. The van der Waals surface area contributed by atoms with Gasteiger partial charge in [0.05, 0.1) is 43.8 Å². The zero-order valence-corrected chi connectivity index (χ0v) is 23.3. The molecule has 4 aromatic rings. The summed E-state index contributed by atoms with van der Waals surface area (Å²) in [7, 11) is 0. The molecular formula is C27H25ClN2O5S2. The number of hydrogen-bond donors (Lipinski definition) is 1. The van der Waals surface area contributed by atoms with Crippen LogP contribution in [0.2, 0.25) is 4.34 Å². The molecule has 4 rings (SSSR count). The largest absolute Gasteiger partial charge is 0.459 e. The normalized spacial score (nSPS) is 11.2. The van der Waals surface area contributed by atoms with E-state index in [-0.39, 0.29) is 27.6 Å². The first-order chi connectivity index (χ1) is 17.5. The molecule has 0 spiro atoms. The molecule has 10 heteroatoms. The van der Waals surface area contributed by atoms with Gasteiger partial charge in [0, 0.05) is 5.39 Å². The number of pyridine rings is 1.